The van der Waals surface area contributed by atoms with Gasteiger partial charge >= 0.3 is 5.97 Å². The monoisotopic (exact) mass is 486 g/mol. The van der Waals surface area contributed by atoms with E-state index in [1.54, 1.807) is 12.1 Å². The van der Waals surface area contributed by atoms with Crippen molar-refractivity contribution in [3.63, 3.8) is 0 Å². The summed E-state index contributed by atoms with van der Waals surface area (Å²) in [6, 6.07) is 20.9. The molecule has 1 N–H and O–H groups in total. The van der Waals surface area contributed by atoms with Crippen LogP contribution in [-0.2, 0) is 26.0 Å². The van der Waals surface area contributed by atoms with Crippen LogP contribution in [0.2, 0.25) is 5.02 Å². The molecule has 7 nitrogen and oxygen atoms in total. The highest BCUT2D eigenvalue weighted by atomic mass is 35.5. The summed E-state index contributed by atoms with van der Waals surface area (Å²) in [5.74, 6) is -1.43. The second-order valence-electron chi connectivity index (χ2n) is 7.37. The molecule has 0 atom stereocenters. The average molecular weight is 487 g/mol. The average Bonchev–Trinajstić information content (AvgIpc) is 2.79. The fourth-order valence-corrected chi connectivity index (χ4v) is 4.16. The molecule has 0 bridgehead atoms. The summed E-state index contributed by atoms with van der Waals surface area (Å²) >= 11 is 6.05. The maximum Gasteiger partial charge on any atom is 0.340 e. The predicted molar refractivity (Wildman–Crippen MR) is 127 cm³/mol. The van der Waals surface area contributed by atoms with Crippen molar-refractivity contribution >= 4 is 39.2 Å². The lowest BCUT2D eigenvalue weighted by Crippen LogP contribution is -2.23. The third-order valence-corrected chi connectivity index (χ3v) is 6.94. The van der Waals surface area contributed by atoms with Crippen LogP contribution in [0.4, 0.5) is 5.69 Å². The topological polar surface area (TPSA) is 92.8 Å². The van der Waals surface area contributed by atoms with E-state index in [-0.39, 0.29) is 15.5 Å². The number of hydrogen-bond acceptors (Lipinski definition) is 5. The molecule has 0 aliphatic rings. The molecular formula is C24H23ClN2O5S. The molecule has 0 saturated carbocycles. The number of anilines is 1. The van der Waals surface area contributed by atoms with E-state index in [0.717, 1.165) is 21.5 Å². The summed E-state index contributed by atoms with van der Waals surface area (Å²) < 4.78 is 30.7. The lowest BCUT2D eigenvalue weighted by atomic mass is 10.0. The lowest BCUT2D eigenvalue weighted by Gasteiger charge is -2.13. The number of para-hydroxylation sites is 1. The van der Waals surface area contributed by atoms with Crippen LogP contribution >= 0.6 is 11.6 Å². The Kier molecular flexibility index (Phi) is 7.86. The lowest BCUT2D eigenvalue weighted by molar-refractivity contribution is -0.119. The van der Waals surface area contributed by atoms with Crippen LogP contribution in [0.5, 0.6) is 0 Å². The smallest absolute Gasteiger partial charge is 0.340 e. The first-order chi connectivity index (χ1) is 15.7. The third kappa shape index (κ3) is 6.19. The Morgan fingerprint density at radius 1 is 0.970 bits per heavy atom. The molecule has 0 aromatic heterocycles. The molecule has 0 saturated heterocycles. The van der Waals surface area contributed by atoms with Gasteiger partial charge in [0.1, 0.15) is 0 Å². The molecule has 3 aromatic rings. The van der Waals surface area contributed by atoms with Gasteiger partial charge in [0, 0.05) is 19.8 Å². The van der Waals surface area contributed by atoms with Crippen LogP contribution in [0, 0.1) is 0 Å². The van der Waals surface area contributed by atoms with Crippen molar-refractivity contribution in [2.45, 2.75) is 11.3 Å². The van der Waals surface area contributed by atoms with Gasteiger partial charge in [-0.25, -0.2) is 17.5 Å². The van der Waals surface area contributed by atoms with Crippen LogP contribution in [0.3, 0.4) is 0 Å². The summed E-state index contributed by atoms with van der Waals surface area (Å²) in [7, 11) is -1.01. The van der Waals surface area contributed by atoms with Gasteiger partial charge in [0.15, 0.2) is 6.61 Å². The van der Waals surface area contributed by atoms with Crippen molar-refractivity contribution in [1.82, 2.24) is 4.31 Å². The van der Waals surface area contributed by atoms with Crippen LogP contribution in [0.1, 0.15) is 21.5 Å². The minimum Gasteiger partial charge on any atom is -0.452 e. The number of benzene rings is 3. The molecule has 0 spiro atoms. The molecule has 9 heteroatoms. The predicted octanol–water partition coefficient (Wildman–Crippen LogP) is 3.98. The van der Waals surface area contributed by atoms with E-state index in [4.69, 9.17) is 16.3 Å². The van der Waals surface area contributed by atoms with Gasteiger partial charge < -0.3 is 10.1 Å². The van der Waals surface area contributed by atoms with E-state index >= 15 is 0 Å². The van der Waals surface area contributed by atoms with E-state index in [2.05, 4.69) is 5.32 Å². The Morgan fingerprint density at radius 3 is 2.33 bits per heavy atom. The van der Waals surface area contributed by atoms with Gasteiger partial charge in [0.25, 0.3) is 5.91 Å². The van der Waals surface area contributed by atoms with Crippen molar-refractivity contribution in [2.75, 3.05) is 26.0 Å². The van der Waals surface area contributed by atoms with Crippen molar-refractivity contribution in [2.24, 2.45) is 0 Å². The minimum absolute atomic E-state index is 0.0197. The van der Waals surface area contributed by atoms with Crippen molar-refractivity contribution in [1.29, 1.82) is 0 Å². The van der Waals surface area contributed by atoms with E-state index in [1.165, 1.54) is 26.2 Å². The van der Waals surface area contributed by atoms with Gasteiger partial charge in [-0.1, -0.05) is 60.1 Å². The van der Waals surface area contributed by atoms with Crippen LogP contribution in [0.15, 0.2) is 77.7 Å². The zero-order valence-electron chi connectivity index (χ0n) is 18.1. The molecule has 172 valence electrons. The molecular weight excluding hydrogens is 464 g/mol. The van der Waals surface area contributed by atoms with Gasteiger partial charge in [0.05, 0.1) is 15.5 Å². The Balaban J connectivity index is 1.67. The van der Waals surface area contributed by atoms with Crippen LogP contribution in [0.25, 0.3) is 0 Å². The highest BCUT2D eigenvalue weighted by Crippen LogP contribution is 2.23. The molecule has 0 aliphatic heterocycles. The Bertz CT molecular complexity index is 1260. The highest BCUT2D eigenvalue weighted by Gasteiger charge is 2.22. The van der Waals surface area contributed by atoms with Gasteiger partial charge in [0.2, 0.25) is 10.0 Å². The number of sulfonamides is 1. The maximum absolute atomic E-state index is 12.5. The number of carbonyl (C=O) groups excluding carboxylic acids is 2. The molecule has 3 aromatic carbocycles. The van der Waals surface area contributed by atoms with Gasteiger partial charge in [-0.15, -0.1) is 0 Å². The fourth-order valence-electron chi connectivity index (χ4n) is 3.04. The summed E-state index contributed by atoms with van der Waals surface area (Å²) in [6.07, 6.45) is 0.625. The van der Waals surface area contributed by atoms with Crippen LogP contribution < -0.4 is 5.32 Å². The normalized spacial score (nSPS) is 11.3. The number of esters is 1. The van der Waals surface area contributed by atoms with Crippen LogP contribution in [-0.4, -0.2) is 45.3 Å². The summed E-state index contributed by atoms with van der Waals surface area (Å²) in [5.41, 5.74) is 2.47. The Labute approximate surface area is 198 Å². The quantitative estimate of drug-likeness (QED) is 0.486. The molecule has 0 heterocycles. The van der Waals surface area contributed by atoms with Crippen molar-refractivity contribution < 1.29 is 22.7 Å². The molecule has 0 aliphatic carbocycles. The standard InChI is InChI=1S/C24H23ClN2O5S/c1-27(2)33(30,31)19-12-13-21(25)20(15-19)24(29)32-16-23(28)26-22-11-7-6-10-18(22)14-17-8-4-3-5-9-17/h3-13,15H,14,16H2,1-2H3,(H,26,28). The SMILES string of the molecule is CN(C)S(=O)(=O)c1ccc(Cl)c(C(=O)OCC(=O)Nc2ccccc2Cc2ccccc2)c1. The number of nitrogens with zero attached hydrogens (tertiary/aromatic N) is 1. The third-order valence-electron chi connectivity index (χ3n) is 4.80. The van der Waals surface area contributed by atoms with Crippen molar-refractivity contribution in [3.05, 3.63) is 94.5 Å². The molecule has 0 fully saturated rings. The first-order valence-electron chi connectivity index (χ1n) is 9.99. The second-order valence-corrected chi connectivity index (χ2v) is 9.93. The first-order valence-corrected chi connectivity index (χ1v) is 11.8. The van der Waals surface area contributed by atoms with Gasteiger partial charge in [-0.05, 0) is 41.8 Å². The van der Waals surface area contributed by atoms with E-state index < -0.39 is 28.5 Å². The highest BCUT2D eigenvalue weighted by molar-refractivity contribution is 7.89. The maximum atomic E-state index is 12.5. The molecule has 1 amide bonds. The summed E-state index contributed by atoms with van der Waals surface area (Å²) in [5, 5.41) is 2.77. The van der Waals surface area contributed by atoms with E-state index in [0.29, 0.717) is 12.1 Å². The number of ether oxygens (including phenoxy) is 1. The minimum atomic E-state index is -3.76. The molecule has 0 radical (unpaired) electrons. The number of carbonyl (C=O) groups is 2. The Morgan fingerprint density at radius 2 is 1.64 bits per heavy atom. The molecule has 0 unspecified atom stereocenters. The first kappa shape index (κ1) is 24.4. The summed E-state index contributed by atoms with van der Waals surface area (Å²) in [6.45, 7) is -0.556. The zero-order valence-corrected chi connectivity index (χ0v) is 19.7. The fraction of sp³-hybridized carbons (Fsp3) is 0.167. The number of nitrogens with one attached hydrogen (secondary N) is 1. The second kappa shape index (κ2) is 10.6. The largest absolute Gasteiger partial charge is 0.452 e. The number of halogens is 1. The Hall–Kier alpha value is -3.20. The van der Waals surface area contributed by atoms with E-state index in [1.807, 2.05) is 42.5 Å². The number of hydrogen-bond donors (Lipinski definition) is 1. The van der Waals surface area contributed by atoms with Gasteiger partial charge in [-0.3, -0.25) is 4.79 Å². The summed E-state index contributed by atoms with van der Waals surface area (Å²) in [4.78, 5) is 24.8. The van der Waals surface area contributed by atoms with E-state index in [9.17, 15) is 18.0 Å². The molecule has 33 heavy (non-hydrogen) atoms. The number of rotatable bonds is 8. The zero-order chi connectivity index (χ0) is 24.0. The molecule has 3 rings (SSSR count). The number of amides is 1. The van der Waals surface area contributed by atoms with Crippen molar-refractivity contribution in [3.8, 4) is 0 Å². The van der Waals surface area contributed by atoms with Gasteiger partial charge in [-0.2, -0.15) is 0 Å².